The Morgan fingerprint density at radius 1 is 1.58 bits per heavy atom. The van der Waals surface area contributed by atoms with Crippen molar-refractivity contribution >= 4 is 5.91 Å². The van der Waals surface area contributed by atoms with Gasteiger partial charge in [-0.25, -0.2) is 0 Å². The minimum atomic E-state index is -0.249. The first-order valence-corrected chi connectivity index (χ1v) is 4.32. The predicted octanol–water partition coefficient (Wildman–Crippen LogP) is -1.17. The number of amides is 1. The average Bonchev–Trinajstić information content (AvgIpc) is 2.61. The molecule has 1 amide bonds. The number of primary amides is 1. The van der Waals surface area contributed by atoms with Gasteiger partial charge in [-0.3, -0.25) is 4.79 Å². The predicted molar refractivity (Wildman–Crippen MR) is 43.2 cm³/mol. The molecule has 1 saturated carbocycles. The number of hydrogen-bond donors (Lipinski definition) is 3. The molecule has 2 aliphatic rings. The standard InChI is InChI=1S/C8H14N2O2/c9-7(12)5-1-8(2-6(8)11)4-10-3-5/h5-6,10-11H,1-4H2,(H2,9,12). The number of aliphatic hydroxyl groups excluding tert-OH is 1. The van der Waals surface area contributed by atoms with Gasteiger partial charge in [-0.2, -0.15) is 0 Å². The molecule has 0 aromatic heterocycles. The van der Waals surface area contributed by atoms with Crippen molar-refractivity contribution in [3.8, 4) is 0 Å². The highest BCUT2D eigenvalue weighted by Gasteiger charge is 2.55. The summed E-state index contributed by atoms with van der Waals surface area (Å²) in [5, 5.41) is 12.5. The van der Waals surface area contributed by atoms with Crippen LogP contribution in [-0.4, -0.2) is 30.2 Å². The van der Waals surface area contributed by atoms with Crippen molar-refractivity contribution in [1.82, 2.24) is 5.32 Å². The van der Waals surface area contributed by atoms with E-state index in [-0.39, 0.29) is 23.3 Å². The summed E-state index contributed by atoms with van der Waals surface area (Å²) < 4.78 is 0. The summed E-state index contributed by atoms with van der Waals surface area (Å²) in [7, 11) is 0. The summed E-state index contributed by atoms with van der Waals surface area (Å²) in [6.07, 6.45) is 1.37. The number of nitrogens with two attached hydrogens (primary N) is 1. The Bertz CT molecular complexity index is 219. The van der Waals surface area contributed by atoms with Crippen molar-refractivity contribution in [3.05, 3.63) is 0 Å². The van der Waals surface area contributed by atoms with E-state index in [1.807, 2.05) is 0 Å². The summed E-state index contributed by atoms with van der Waals surface area (Å²) >= 11 is 0. The minimum absolute atomic E-state index is 0.0159. The number of rotatable bonds is 1. The summed E-state index contributed by atoms with van der Waals surface area (Å²) in [4.78, 5) is 10.9. The molecule has 1 heterocycles. The van der Waals surface area contributed by atoms with Gasteiger partial charge in [-0.15, -0.1) is 0 Å². The van der Waals surface area contributed by atoms with Crippen molar-refractivity contribution in [3.63, 3.8) is 0 Å². The van der Waals surface area contributed by atoms with E-state index in [9.17, 15) is 9.90 Å². The third-order valence-electron chi connectivity index (χ3n) is 3.07. The highest BCUT2D eigenvalue weighted by Crippen LogP contribution is 2.51. The Morgan fingerprint density at radius 3 is 2.75 bits per heavy atom. The quantitative estimate of drug-likeness (QED) is 0.464. The van der Waals surface area contributed by atoms with Gasteiger partial charge < -0.3 is 16.2 Å². The lowest BCUT2D eigenvalue weighted by atomic mass is 9.87. The molecule has 0 bridgehead atoms. The second-order valence-electron chi connectivity index (χ2n) is 4.02. The van der Waals surface area contributed by atoms with Gasteiger partial charge in [0.2, 0.25) is 5.91 Å². The van der Waals surface area contributed by atoms with Crippen LogP contribution in [0, 0.1) is 11.3 Å². The van der Waals surface area contributed by atoms with Crippen molar-refractivity contribution in [2.45, 2.75) is 18.9 Å². The van der Waals surface area contributed by atoms with Crippen molar-refractivity contribution in [1.29, 1.82) is 0 Å². The van der Waals surface area contributed by atoms with Gasteiger partial charge in [0.25, 0.3) is 0 Å². The van der Waals surface area contributed by atoms with E-state index in [0.29, 0.717) is 6.54 Å². The summed E-state index contributed by atoms with van der Waals surface area (Å²) in [6.45, 7) is 1.50. The van der Waals surface area contributed by atoms with E-state index in [0.717, 1.165) is 19.4 Å². The Hall–Kier alpha value is -0.610. The summed E-state index contributed by atoms with van der Waals surface area (Å²) in [5.74, 6) is -0.337. The SMILES string of the molecule is NC(=O)C1CNCC2(C1)CC2O. The van der Waals surface area contributed by atoms with E-state index in [1.165, 1.54) is 0 Å². The van der Waals surface area contributed by atoms with Crippen molar-refractivity contribution < 1.29 is 9.90 Å². The number of carbonyl (C=O) groups excluding carboxylic acids is 1. The molecule has 0 aromatic rings. The highest BCUT2D eigenvalue weighted by atomic mass is 16.3. The molecule has 4 N–H and O–H groups in total. The first-order chi connectivity index (χ1) is 5.64. The van der Waals surface area contributed by atoms with Gasteiger partial charge in [0.1, 0.15) is 0 Å². The number of nitrogens with one attached hydrogen (secondary N) is 1. The average molecular weight is 170 g/mol. The number of piperidine rings is 1. The van der Waals surface area contributed by atoms with Gasteiger partial charge in [0, 0.05) is 18.5 Å². The Labute approximate surface area is 71.1 Å². The van der Waals surface area contributed by atoms with E-state index in [2.05, 4.69) is 5.32 Å². The topological polar surface area (TPSA) is 75.4 Å². The van der Waals surface area contributed by atoms with E-state index in [4.69, 9.17) is 5.73 Å². The van der Waals surface area contributed by atoms with Crippen LogP contribution in [-0.2, 0) is 4.79 Å². The van der Waals surface area contributed by atoms with E-state index in [1.54, 1.807) is 0 Å². The van der Waals surface area contributed by atoms with Crippen LogP contribution in [0.5, 0.6) is 0 Å². The number of hydrogen-bond acceptors (Lipinski definition) is 3. The minimum Gasteiger partial charge on any atom is -0.392 e. The maximum atomic E-state index is 10.9. The van der Waals surface area contributed by atoms with Gasteiger partial charge in [0.15, 0.2) is 0 Å². The van der Waals surface area contributed by atoms with Crippen LogP contribution >= 0.6 is 0 Å². The van der Waals surface area contributed by atoms with Crippen molar-refractivity contribution in [2.24, 2.45) is 17.1 Å². The zero-order valence-electron chi connectivity index (χ0n) is 6.92. The molecule has 0 aromatic carbocycles. The van der Waals surface area contributed by atoms with Gasteiger partial charge in [-0.1, -0.05) is 0 Å². The highest BCUT2D eigenvalue weighted by molar-refractivity contribution is 5.77. The van der Waals surface area contributed by atoms with Crippen LogP contribution in [0.1, 0.15) is 12.8 Å². The summed E-state index contributed by atoms with van der Waals surface area (Å²) in [5.41, 5.74) is 5.19. The van der Waals surface area contributed by atoms with Crippen LogP contribution in [0.15, 0.2) is 0 Å². The molecular formula is C8H14N2O2. The van der Waals surface area contributed by atoms with E-state index < -0.39 is 0 Å². The first-order valence-electron chi connectivity index (χ1n) is 4.32. The van der Waals surface area contributed by atoms with Crippen LogP contribution < -0.4 is 11.1 Å². The van der Waals surface area contributed by atoms with Crippen molar-refractivity contribution in [2.75, 3.05) is 13.1 Å². The Kier molecular flexibility index (Phi) is 1.63. The van der Waals surface area contributed by atoms with Gasteiger partial charge in [0.05, 0.1) is 12.0 Å². The molecule has 0 radical (unpaired) electrons. The maximum absolute atomic E-state index is 10.9. The fourth-order valence-electron chi connectivity index (χ4n) is 2.07. The second-order valence-corrected chi connectivity index (χ2v) is 4.02. The fraction of sp³-hybridized carbons (Fsp3) is 0.875. The second kappa shape index (κ2) is 2.44. The molecule has 68 valence electrons. The molecule has 1 spiro atoms. The molecular weight excluding hydrogens is 156 g/mol. The zero-order chi connectivity index (χ0) is 8.77. The molecule has 3 atom stereocenters. The Balaban J connectivity index is 2.00. The lowest BCUT2D eigenvalue weighted by Gasteiger charge is -2.28. The monoisotopic (exact) mass is 170 g/mol. The van der Waals surface area contributed by atoms with Gasteiger partial charge >= 0.3 is 0 Å². The first kappa shape index (κ1) is 8.01. The molecule has 2 fully saturated rings. The molecule has 1 saturated heterocycles. The summed E-state index contributed by atoms with van der Waals surface area (Å²) in [6, 6.07) is 0. The molecule has 2 rings (SSSR count). The molecule has 1 aliphatic heterocycles. The smallest absolute Gasteiger partial charge is 0.221 e. The normalized spacial score (nSPS) is 46.1. The third kappa shape index (κ3) is 1.11. The van der Waals surface area contributed by atoms with E-state index >= 15 is 0 Å². The lowest BCUT2D eigenvalue weighted by Crippen LogP contribution is -2.44. The maximum Gasteiger partial charge on any atom is 0.221 e. The van der Waals surface area contributed by atoms with Crippen LogP contribution in [0.2, 0.25) is 0 Å². The zero-order valence-corrected chi connectivity index (χ0v) is 6.92. The molecule has 12 heavy (non-hydrogen) atoms. The van der Waals surface area contributed by atoms with Crippen LogP contribution in [0.4, 0.5) is 0 Å². The number of aliphatic hydroxyl groups is 1. The van der Waals surface area contributed by atoms with Crippen LogP contribution in [0.25, 0.3) is 0 Å². The largest absolute Gasteiger partial charge is 0.392 e. The number of carbonyl (C=O) groups is 1. The fourth-order valence-corrected chi connectivity index (χ4v) is 2.07. The van der Waals surface area contributed by atoms with Gasteiger partial charge in [-0.05, 0) is 12.8 Å². The third-order valence-corrected chi connectivity index (χ3v) is 3.07. The molecule has 4 nitrogen and oxygen atoms in total. The molecule has 1 aliphatic carbocycles. The molecule has 4 heteroatoms. The lowest BCUT2D eigenvalue weighted by molar-refractivity contribution is -0.123. The molecule has 3 unspecified atom stereocenters. The Morgan fingerprint density at radius 2 is 2.25 bits per heavy atom. The van der Waals surface area contributed by atoms with Crippen LogP contribution in [0.3, 0.4) is 0 Å².